The molecular formula is C34H44Cl2N2O2. The van der Waals surface area contributed by atoms with Gasteiger partial charge in [0.15, 0.2) is 0 Å². The largest absolute Gasteiger partial charge is 0.351 e. The first-order valence-electron chi connectivity index (χ1n) is 15.1. The van der Waals surface area contributed by atoms with Crippen molar-refractivity contribution in [2.24, 2.45) is 0 Å². The number of carbonyl (C=O) groups excluding carboxylic acids is 2. The molecule has 2 N–H and O–H groups in total. The summed E-state index contributed by atoms with van der Waals surface area (Å²) in [5.74, 6) is -1.02. The fourth-order valence-corrected chi connectivity index (χ4v) is 5.34. The molecule has 0 bridgehead atoms. The van der Waals surface area contributed by atoms with Crippen molar-refractivity contribution in [3.63, 3.8) is 0 Å². The van der Waals surface area contributed by atoms with Gasteiger partial charge < -0.3 is 10.6 Å². The van der Waals surface area contributed by atoms with Crippen LogP contribution in [0, 0.1) is 0 Å². The topological polar surface area (TPSA) is 58.2 Å². The molecule has 0 saturated carbocycles. The molecule has 0 aliphatic heterocycles. The maximum absolute atomic E-state index is 13.1. The van der Waals surface area contributed by atoms with Gasteiger partial charge in [0.2, 0.25) is 11.6 Å². The highest BCUT2D eigenvalue weighted by molar-refractivity contribution is 6.56. The van der Waals surface area contributed by atoms with E-state index in [2.05, 4.69) is 24.5 Å². The third kappa shape index (κ3) is 9.82. The summed E-state index contributed by atoms with van der Waals surface area (Å²) in [6.45, 7) is 4.46. The Labute approximate surface area is 250 Å². The maximum atomic E-state index is 13.1. The molecule has 1 aliphatic rings. The van der Waals surface area contributed by atoms with Gasteiger partial charge in [0, 0.05) is 11.4 Å². The molecule has 0 saturated heterocycles. The lowest BCUT2D eigenvalue weighted by Gasteiger charge is -2.20. The van der Waals surface area contributed by atoms with Gasteiger partial charge in [0.1, 0.15) is 21.5 Å². The summed E-state index contributed by atoms with van der Waals surface area (Å²) in [6.07, 6.45) is 17.2. The van der Waals surface area contributed by atoms with Crippen LogP contribution in [0.5, 0.6) is 0 Å². The number of ketones is 2. The Kier molecular flexibility index (Phi) is 13.8. The van der Waals surface area contributed by atoms with Gasteiger partial charge in [-0.3, -0.25) is 9.59 Å². The van der Waals surface area contributed by atoms with Crippen LogP contribution in [0.2, 0.25) is 0 Å². The Morgan fingerprint density at radius 1 is 0.500 bits per heavy atom. The van der Waals surface area contributed by atoms with Crippen LogP contribution < -0.4 is 10.6 Å². The van der Waals surface area contributed by atoms with Gasteiger partial charge in [-0.2, -0.15) is 0 Å². The van der Waals surface area contributed by atoms with Gasteiger partial charge in [-0.05, 0) is 61.1 Å². The Hall–Kier alpha value is -2.56. The van der Waals surface area contributed by atoms with E-state index in [1.165, 1.54) is 88.2 Å². The van der Waals surface area contributed by atoms with Crippen LogP contribution in [0.1, 0.15) is 102 Å². The molecule has 0 heterocycles. The fraction of sp³-hybridized carbons (Fsp3) is 0.471. The second-order valence-corrected chi connectivity index (χ2v) is 11.5. The average Bonchev–Trinajstić information content (AvgIpc) is 2.97. The number of unbranched alkanes of at least 4 members (excludes halogenated alkanes) is 10. The minimum atomic E-state index is -0.510. The highest BCUT2D eigenvalue weighted by Crippen LogP contribution is 2.31. The first-order chi connectivity index (χ1) is 19.4. The van der Waals surface area contributed by atoms with E-state index in [9.17, 15) is 9.59 Å². The zero-order valence-electron chi connectivity index (χ0n) is 24.1. The summed E-state index contributed by atoms with van der Waals surface area (Å²) in [7, 11) is 0. The van der Waals surface area contributed by atoms with Crippen molar-refractivity contribution in [1.82, 2.24) is 0 Å². The number of allylic oxidation sites excluding steroid dienone is 2. The van der Waals surface area contributed by atoms with Gasteiger partial charge in [-0.25, -0.2) is 0 Å². The second-order valence-electron chi connectivity index (χ2n) is 10.7. The van der Waals surface area contributed by atoms with E-state index in [1.807, 2.05) is 48.5 Å². The lowest BCUT2D eigenvalue weighted by atomic mass is 10.0. The van der Waals surface area contributed by atoms with Crippen LogP contribution in [0.3, 0.4) is 0 Å². The Balaban J connectivity index is 1.54. The van der Waals surface area contributed by atoms with E-state index < -0.39 is 11.6 Å². The summed E-state index contributed by atoms with van der Waals surface area (Å²) in [5.41, 5.74) is 3.86. The molecule has 2 aromatic rings. The molecule has 216 valence electrons. The predicted octanol–water partition coefficient (Wildman–Crippen LogP) is 10.1. The Bertz CT molecular complexity index is 1070. The number of rotatable bonds is 18. The Morgan fingerprint density at radius 3 is 1.18 bits per heavy atom. The van der Waals surface area contributed by atoms with E-state index in [0.29, 0.717) is 11.4 Å². The minimum absolute atomic E-state index is 0.000162. The van der Waals surface area contributed by atoms with Gasteiger partial charge in [-0.1, -0.05) is 126 Å². The lowest BCUT2D eigenvalue weighted by Crippen LogP contribution is -2.27. The summed E-state index contributed by atoms with van der Waals surface area (Å²) in [6, 6.07) is 15.8. The standard InChI is InChI=1S/C34H44Cl2N2O2/c1-3-5-7-9-11-13-15-25-17-21-27(22-18-25)37-31-29(35)34(40)32(30(36)33(31)39)38-28-23-19-26(20-24-28)16-14-12-10-8-6-4-2/h17-24,37-38H,3-16H2,1-2H3. The molecule has 0 atom stereocenters. The second kappa shape index (κ2) is 17.3. The number of aryl methyl sites for hydroxylation is 2. The monoisotopic (exact) mass is 582 g/mol. The molecular weight excluding hydrogens is 539 g/mol. The molecule has 1 aliphatic carbocycles. The van der Waals surface area contributed by atoms with Crippen molar-refractivity contribution in [2.75, 3.05) is 10.6 Å². The van der Waals surface area contributed by atoms with Crippen LogP contribution in [-0.4, -0.2) is 11.6 Å². The van der Waals surface area contributed by atoms with E-state index in [-0.39, 0.29) is 21.5 Å². The molecule has 0 amide bonds. The average molecular weight is 584 g/mol. The molecule has 40 heavy (non-hydrogen) atoms. The van der Waals surface area contributed by atoms with Gasteiger partial charge in [0.25, 0.3) is 0 Å². The number of hydrogen-bond acceptors (Lipinski definition) is 4. The van der Waals surface area contributed by atoms with Crippen molar-refractivity contribution >= 4 is 46.1 Å². The highest BCUT2D eigenvalue weighted by atomic mass is 35.5. The zero-order chi connectivity index (χ0) is 28.7. The van der Waals surface area contributed by atoms with Crippen LogP contribution in [0.15, 0.2) is 70.0 Å². The summed E-state index contributed by atoms with van der Waals surface area (Å²) in [5, 5.41) is 5.69. The molecule has 0 fully saturated rings. The van der Waals surface area contributed by atoms with Crippen molar-refractivity contribution in [2.45, 2.75) is 104 Å². The van der Waals surface area contributed by atoms with Crippen molar-refractivity contribution in [1.29, 1.82) is 0 Å². The van der Waals surface area contributed by atoms with Crippen LogP contribution in [-0.2, 0) is 22.4 Å². The van der Waals surface area contributed by atoms with Crippen molar-refractivity contribution < 1.29 is 9.59 Å². The number of nitrogens with one attached hydrogen (secondary N) is 2. The normalized spacial score (nSPS) is 13.8. The Morgan fingerprint density at radius 2 is 0.825 bits per heavy atom. The zero-order valence-corrected chi connectivity index (χ0v) is 25.6. The van der Waals surface area contributed by atoms with Crippen LogP contribution in [0.25, 0.3) is 0 Å². The van der Waals surface area contributed by atoms with Gasteiger partial charge >= 0.3 is 0 Å². The molecule has 3 rings (SSSR count). The number of Topliss-reactive ketones (excluding diaryl/α,β-unsaturated/α-hetero) is 2. The molecule has 0 spiro atoms. The first kappa shape index (κ1) is 32.0. The van der Waals surface area contributed by atoms with E-state index in [4.69, 9.17) is 23.2 Å². The van der Waals surface area contributed by atoms with Crippen molar-refractivity contribution in [3.8, 4) is 0 Å². The number of benzene rings is 2. The molecule has 0 aromatic heterocycles. The summed E-state index contributed by atoms with van der Waals surface area (Å²) >= 11 is 12.8. The number of carbonyl (C=O) groups is 2. The summed E-state index contributed by atoms with van der Waals surface area (Å²) in [4.78, 5) is 26.2. The smallest absolute Gasteiger partial charge is 0.224 e. The fourth-order valence-electron chi connectivity index (χ4n) is 4.89. The third-order valence-corrected chi connectivity index (χ3v) is 8.10. The van der Waals surface area contributed by atoms with Gasteiger partial charge in [0.05, 0.1) is 0 Å². The van der Waals surface area contributed by atoms with Crippen LogP contribution >= 0.6 is 23.2 Å². The molecule has 6 heteroatoms. The van der Waals surface area contributed by atoms with Crippen molar-refractivity contribution in [3.05, 3.63) is 81.1 Å². The quantitative estimate of drug-likeness (QED) is 0.135. The molecule has 4 nitrogen and oxygen atoms in total. The number of anilines is 2. The van der Waals surface area contributed by atoms with E-state index >= 15 is 0 Å². The van der Waals surface area contributed by atoms with Gasteiger partial charge in [-0.15, -0.1) is 0 Å². The number of halogens is 2. The minimum Gasteiger partial charge on any atom is -0.351 e. The van der Waals surface area contributed by atoms with E-state index in [0.717, 1.165) is 12.8 Å². The molecule has 0 unspecified atom stereocenters. The first-order valence-corrected chi connectivity index (χ1v) is 15.8. The molecule has 2 aromatic carbocycles. The summed E-state index contributed by atoms with van der Waals surface area (Å²) < 4.78 is 0. The molecule has 0 radical (unpaired) electrons. The number of hydrogen-bond donors (Lipinski definition) is 2. The van der Waals surface area contributed by atoms with E-state index in [1.54, 1.807) is 0 Å². The highest BCUT2D eigenvalue weighted by Gasteiger charge is 2.33. The third-order valence-electron chi connectivity index (χ3n) is 7.38. The maximum Gasteiger partial charge on any atom is 0.224 e. The SMILES string of the molecule is CCCCCCCCc1ccc(NC2=C(Cl)C(=O)C(Nc3ccc(CCCCCCCC)cc3)=C(Cl)C2=O)cc1. The van der Waals surface area contributed by atoms with Crippen LogP contribution in [0.4, 0.5) is 11.4 Å². The predicted molar refractivity (Wildman–Crippen MR) is 170 cm³/mol. The lowest BCUT2D eigenvalue weighted by molar-refractivity contribution is -0.115.